The van der Waals surface area contributed by atoms with Crippen molar-refractivity contribution in [2.75, 3.05) is 25.6 Å². The molecule has 6 nitrogen and oxygen atoms in total. The summed E-state index contributed by atoms with van der Waals surface area (Å²) >= 11 is 0. The van der Waals surface area contributed by atoms with Crippen LogP contribution in [0, 0.1) is 0 Å². The summed E-state index contributed by atoms with van der Waals surface area (Å²) < 4.78 is 5.08. The Bertz CT molecular complexity index is 956. The zero-order chi connectivity index (χ0) is 15.6. The molecule has 0 unspecified atom stereocenters. The lowest BCUT2D eigenvalue weighted by Gasteiger charge is -2.09. The third-order valence-corrected chi connectivity index (χ3v) is 3.89. The molecule has 116 valence electrons. The first-order valence-electron chi connectivity index (χ1n) is 7.49. The number of methoxy groups -OCH3 is 1. The topological polar surface area (TPSA) is 78.6 Å². The summed E-state index contributed by atoms with van der Waals surface area (Å²) in [4.78, 5) is 7.79. The first-order chi connectivity index (χ1) is 11.3. The van der Waals surface area contributed by atoms with E-state index in [9.17, 15) is 0 Å². The number of aromatic amines is 2. The van der Waals surface area contributed by atoms with Crippen molar-refractivity contribution in [1.29, 1.82) is 0 Å². The molecular formula is C17H17N5O. The fourth-order valence-corrected chi connectivity index (χ4v) is 2.75. The van der Waals surface area contributed by atoms with Gasteiger partial charge in [0, 0.05) is 30.6 Å². The van der Waals surface area contributed by atoms with Gasteiger partial charge in [0.1, 0.15) is 11.5 Å². The lowest BCUT2D eigenvalue weighted by atomic mass is 10.0. The average Bonchev–Trinajstić information content (AvgIpc) is 3.22. The minimum Gasteiger partial charge on any atom is -0.383 e. The maximum Gasteiger partial charge on any atom is 0.140 e. The van der Waals surface area contributed by atoms with E-state index in [1.54, 1.807) is 7.11 Å². The number of rotatable bonds is 5. The normalized spacial score (nSPS) is 11.3. The summed E-state index contributed by atoms with van der Waals surface area (Å²) in [5.41, 5.74) is 4.15. The van der Waals surface area contributed by atoms with E-state index in [0.717, 1.165) is 45.4 Å². The van der Waals surface area contributed by atoms with E-state index in [2.05, 4.69) is 49.7 Å². The lowest BCUT2D eigenvalue weighted by Crippen LogP contribution is -2.08. The Hall–Kier alpha value is -2.86. The molecule has 0 amide bonds. The number of pyridine rings is 1. The zero-order valence-corrected chi connectivity index (χ0v) is 12.8. The third-order valence-electron chi connectivity index (χ3n) is 3.89. The maximum atomic E-state index is 5.08. The molecule has 0 fully saturated rings. The van der Waals surface area contributed by atoms with Crippen LogP contribution in [-0.2, 0) is 4.74 Å². The highest BCUT2D eigenvalue weighted by Gasteiger charge is 2.10. The number of aromatic nitrogens is 4. The predicted octanol–water partition coefficient (Wildman–Crippen LogP) is 3.16. The number of hydrogen-bond donors (Lipinski definition) is 3. The van der Waals surface area contributed by atoms with Crippen LogP contribution in [0.2, 0.25) is 0 Å². The Morgan fingerprint density at radius 1 is 1.22 bits per heavy atom. The Morgan fingerprint density at radius 2 is 2.17 bits per heavy atom. The Balaban J connectivity index is 1.81. The highest BCUT2D eigenvalue weighted by atomic mass is 16.5. The van der Waals surface area contributed by atoms with Crippen LogP contribution < -0.4 is 5.32 Å². The molecule has 0 atom stereocenters. The van der Waals surface area contributed by atoms with Gasteiger partial charge in [0.15, 0.2) is 0 Å². The number of nitrogens with one attached hydrogen (secondary N) is 3. The van der Waals surface area contributed by atoms with Crippen molar-refractivity contribution < 1.29 is 4.74 Å². The van der Waals surface area contributed by atoms with Crippen molar-refractivity contribution >= 4 is 27.8 Å². The number of H-pyrrole nitrogens is 2. The van der Waals surface area contributed by atoms with Crippen molar-refractivity contribution in [2.45, 2.75) is 0 Å². The van der Waals surface area contributed by atoms with E-state index in [-0.39, 0.29) is 0 Å². The highest BCUT2D eigenvalue weighted by molar-refractivity contribution is 5.97. The van der Waals surface area contributed by atoms with Gasteiger partial charge < -0.3 is 15.0 Å². The molecule has 3 aromatic heterocycles. The van der Waals surface area contributed by atoms with E-state index in [0.29, 0.717) is 6.61 Å². The van der Waals surface area contributed by atoms with Crippen LogP contribution >= 0.6 is 0 Å². The second kappa shape index (κ2) is 5.73. The Kier molecular flexibility index (Phi) is 3.44. The van der Waals surface area contributed by atoms with Gasteiger partial charge in [-0.05, 0) is 29.3 Å². The quantitative estimate of drug-likeness (QED) is 0.495. The van der Waals surface area contributed by atoms with Crippen LogP contribution in [0.25, 0.3) is 33.1 Å². The largest absolute Gasteiger partial charge is 0.383 e. The smallest absolute Gasteiger partial charge is 0.140 e. The van der Waals surface area contributed by atoms with E-state index in [1.165, 1.54) is 0 Å². The SMILES string of the molecule is COCCNc1cc(-c2ccc3cn[nH]c3c2)c2cc[nH]c2n1. The van der Waals surface area contributed by atoms with Crippen LogP contribution in [0.1, 0.15) is 0 Å². The minimum atomic E-state index is 0.639. The second-order valence-corrected chi connectivity index (χ2v) is 5.39. The number of fused-ring (bicyclic) bond motifs is 2. The molecule has 3 heterocycles. The maximum absolute atomic E-state index is 5.08. The van der Waals surface area contributed by atoms with Gasteiger partial charge in [-0.2, -0.15) is 5.10 Å². The Morgan fingerprint density at radius 3 is 3.09 bits per heavy atom. The van der Waals surface area contributed by atoms with E-state index >= 15 is 0 Å². The van der Waals surface area contributed by atoms with Crippen LogP contribution in [0.15, 0.2) is 42.7 Å². The standard InChI is InChI=1S/C17H17N5O/c1-23-7-6-18-16-9-14(13-4-5-19-17(13)21-16)11-2-3-12-10-20-22-15(12)8-11/h2-5,8-10H,6-7H2,1H3,(H,20,22)(H2,18,19,21). The summed E-state index contributed by atoms with van der Waals surface area (Å²) in [5, 5.41) is 12.6. The number of anilines is 1. The predicted molar refractivity (Wildman–Crippen MR) is 91.5 cm³/mol. The molecule has 0 radical (unpaired) electrons. The molecule has 6 heteroatoms. The van der Waals surface area contributed by atoms with Gasteiger partial charge >= 0.3 is 0 Å². The van der Waals surface area contributed by atoms with Crippen molar-refractivity contribution in [3.63, 3.8) is 0 Å². The van der Waals surface area contributed by atoms with Crippen molar-refractivity contribution in [1.82, 2.24) is 20.2 Å². The van der Waals surface area contributed by atoms with Gasteiger partial charge in [-0.25, -0.2) is 4.98 Å². The molecule has 0 aliphatic rings. The average molecular weight is 307 g/mol. The van der Waals surface area contributed by atoms with Crippen molar-refractivity contribution in [3.05, 3.63) is 42.7 Å². The van der Waals surface area contributed by atoms with Gasteiger partial charge in [0.25, 0.3) is 0 Å². The summed E-state index contributed by atoms with van der Waals surface area (Å²) in [7, 11) is 1.69. The van der Waals surface area contributed by atoms with Crippen molar-refractivity contribution in [2.24, 2.45) is 0 Å². The molecule has 0 aliphatic heterocycles. The number of nitrogens with zero attached hydrogens (tertiary/aromatic N) is 2. The molecule has 3 N–H and O–H groups in total. The summed E-state index contributed by atoms with van der Waals surface area (Å²) in [6.45, 7) is 1.36. The van der Waals surface area contributed by atoms with Gasteiger partial charge in [-0.15, -0.1) is 0 Å². The molecule has 0 bridgehead atoms. The Labute approximate surface area is 132 Å². The van der Waals surface area contributed by atoms with Gasteiger partial charge in [-0.1, -0.05) is 12.1 Å². The third kappa shape index (κ3) is 2.53. The monoisotopic (exact) mass is 307 g/mol. The van der Waals surface area contributed by atoms with Gasteiger partial charge in [-0.3, -0.25) is 5.10 Å². The zero-order valence-electron chi connectivity index (χ0n) is 12.8. The van der Waals surface area contributed by atoms with E-state index < -0.39 is 0 Å². The molecule has 0 saturated heterocycles. The van der Waals surface area contributed by atoms with Crippen LogP contribution in [0.3, 0.4) is 0 Å². The fourth-order valence-electron chi connectivity index (χ4n) is 2.75. The van der Waals surface area contributed by atoms with Crippen LogP contribution in [0.5, 0.6) is 0 Å². The molecule has 0 saturated carbocycles. The van der Waals surface area contributed by atoms with E-state index in [1.807, 2.05) is 18.5 Å². The summed E-state index contributed by atoms with van der Waals surface area (Å²) in [5.74, 6) is 0.830. The van der Waals surface area contributed by atoms with Crippen LogP contribution in [0.4, 0.5) is 5.82 Å². The van der Waals surface area contributed by atoms with E-state index in [4.69, 9.17) is 4.74 Å². The first kappa shape index (κ1) is 13.8. The molecular weight excluding hydrogens is 290 g/mol. The van der Waals surface area contributed by atoms with Gasteiger partial charge in [0.2, 0.25) is 0 Å². The molecule has 4 rings (SSSR count). The number of ether oxygens (including phenoxy) is 1. The molecule has 0 spiro atoms. The van der Waals surface area contributed by atoms with Crippen LogP contribution in [-0.4, -0.2) is 40.4 Å². The highest BCUT2D eigenvalue weighted by Crippen LogP contribution is 2.31. The minimum absolute atomic E-state index is 0.639. The van der Waals surface area contributed by atoms with Gasteiger partial charge in [0.05, 0.1) is 18.3 Å². The number of benzene rings is 1. The fraction of sp³-hybridized carbons (Fsp3) is 0.176. The summed E-state index contributed by atoms with van der Waals surface area (Å²) in [6, 6.07) is 10.4. The molecule has 23 heavy (non-hydrogen) atoms. The summed E-state index contributed by atoms with van der Waals surface area (Å²) in [6.07, 6.45) is 3.74. The second-order valence-electron chi connectivity index (χ2n) is 5.39. The first-order valence-corrected chi connectivity index (χ1v) is 7.49. The molecule has 0 aliphatic carbocycles. The molecule has 4 aromatic rings. The number of hydrogen-bond acceptors (Lipinski definition) is 4. The molecule has 1 aromatic carbocycles. The van der Waals surface area contributed by atoms with Crippen molar-refractivity contribution in [3.8, 4) is 11.1 Å². The lowest BCUT2D eigenvalue weighted by molar-refractivity contribution is 0.210.